The average Bonchev–Trinajstić information content (AvgIpc) is 2.56. The number of rotatable bonds is 5. The summed E-state index contributed by atoms with van der Waals surface area (Å²) in [5.74, 6) is 0.655. The Labute approximate surface area is 103 Å². The van der Waals surface area contributed by atoms with Crippen molar-refractivity contribution in [1.29, 1.82) is 0 Å². The SMILES string of the molecule is CCn1ncc(Br)c1C(=O)CSC(C)C. The summed E-state index contributed by atoms with van der Waals surface area (Å²) < 4.78 is 2.52. The highest BCUT2D eigenvalue weighted by Crippen LogP contribution is 2.19. The summed E-state index contributed by atoms with van der Waals surface area (Å²) in [6, 6.07) is 0. The van der Waals surface area contributed by atoms with E-state index in [4.69, 9.17) is 0 Å². The van der Waals surface area contributed by atoms with Crippen molar-refractivity contribution in [2.45, 2.75) is 32.6 Å². The van der Waals surface area contributed by atoms with E-state index in [9.17, 15) is 4.79 Å². The van der Waals surface area contributed by atoms with E-state index in [1.54, 1.807) is 22.6 Å². The van der Waals surface area contributed by atoms with Gasteiger partial charge in [-0.2, -0.15) is 16.9 Å². The van der Waals surface area contributed by atoms with Crippen molar-refractivity contribution >= 4 is 33.5 Å². The predicted molar refractivity (Wildman–Crippen MR) is 67.5 cm³/mol. The lowest BCUT2D eigenvalue weighted by Crippen LogP contribution is -2.13. The molecule has 1 aromatic rings. The maximum absolute atomic E-state index is 11.9. The number of carbonyl (C=O) groups excluding carboxylic acids is 1. The fraction of sp³-hybridized carbons (Fsp3) is 0.600. The Morgan fingerprint density at radius 1 is 1.67 bits per heavy atom. The zero-order valence-corrected chi connectivity index (χ0v) is 11.6. The molecule has 0 N–H and O–H groups in total. The van der Waals surface area contributed by atoms with Crippen LogP contribution in [0, 0.1) is 0 Å². The number of halogens is 1. The number of ketones is 1. The molecule has 3 nitrogen and oxygen atoms in total. The van der Waals surface area contributed by atoms with Crippen LogP contribution in [0.1, 0.15) is 31.3 Å². The molecule has 0 unspecified atom stereocenters. The van der Waals surface area contributed by atoms with Crippen molar-refractivity contribution in [3.05, 3.63) is 16.4 Å². The molecule has 0 amide bonds. The monoisotopic (exact) mass is 290 g/mol. The molecule has 0 atom stereocenters. The molecule has 0 radical (unpaired) electrons. The summed E-state index contributed by atoms with van der Waals surface area (Å²) in [6.45, 7) is 6.87. The van der Waals surface area contributed by atoms with E-state index in [0.29, 0.717) is 16.7 Å². The zero-order valence-electron chi connectivity index (χ0n) is 9.16. The Morgan fingerprint density at radius 2 is 2.33 bits per heavy atom. The van der Waals surface area contributed by atoms with E-state index in [-0.39, 0.29) is 5.78 Å². The molecule has 0 bridgehead atoms. The van der Waals surface area contributed by atoms with E-state index < -0.39 is 0 Å². The third-order valence-corrected chi connectivity index (χ3v) is 3.58. The van der Waals surface area contributed by atoms with Gasteiger partial charge in [-0.1, -0.05) is 13.8 Å². The fourth-order valence-corrected chi connectivity index (χ4v) is 2.33. The number of Topliss-reactive ketones (excluding diaryl/α,β-unsaturated/α-hetero) is 1. The van der Waals surface area contributed by atoms with Crippen molar-refractivity contribution in [1.82, 2.24) is 9.78 Å². The van der Waals surface area contributed by atoms with Crippen LogP contribution < -0.4 is 0 Å². The van der Waals surface area contributed by atoms with Gasteiger partial charge in [0, 0.05) is 6.54 Å². The van der Waals surface area contributed by atoms with Crippen LogP contribution in [-0.2, 0) is 6.54 Å². The van der Waals surface area contributed by atoms with Crippen molar-refractivity contribution in [2.24, 2.45) is 0 Å². The smallest absolute Gasteiger partial charge is 0.191 e. The normalized spacial score (nSPS) is 11.0. The van der Waals surface area contributed by atoms with Crippen LogP contribution in [0.5, 0.6) is 0 Å². The molecule has 0 aliphatic rings. The van der Waals surface area contributed by atoms with Crippen molar-refractivity contribution in [3.63, 3.8) is 0 Å². The van der Waals surface area contributed by atoms with Gasteiger partial charge < -0.3 is 0 Å². The minimum Gasteiger partial charge on any atom is -0.291 e. The predicted octanol–water partition coefficient (Wildman–Crippen LogP) is 2.99. The summed E-state index contributed by atoms with van der Waals surface area (Å²) >= 11 is 5.01. The second-order valence-electron chi connectivity index (χ2n) is 3.44. The fourth-order valence-electron chi connectivity index (χ4n) is 1.19. The molecular weight excluding hydrogens is 276 g/mol. The van der Waals surface area contributed by atoms with E-state index in [0.717, 1.165) is 11.0 Å². The third kappa shape index (κ3) is 3.34. The Balaban J connectivity index is 2.76. The van der Waals surface area contributed by atoms with Crippen molar-refractivity contribution in [2.75, 3.05) is 5.75 Å². The van der Waals surface area contributed by atoms with E-state index in [1.807, 2.05) is 6.92 Å². The Bertz CT molecular complexity index is 349. The molecule has 84 valence electrons. The number of aryl methyl sites for hydroxylation is 1. The van der Waals surface area contributed by atoms with Crippen LogP contribution >= 0.6 is 27.7 Å². The number of hydrogen-bond donors (Lipinski definition) is 0. The second kappa shape index (κ2) is 5.70. The Hall–Kier alpha value is -0.290. The van der Waals surface area contributed by atoms with E-state index in [1.165, 1.54) is 0 Å². The molecule has 0 spiro atoms. The summed E-state index contributed by atoms with van der Waals surface area (Å²) in [4.78, 5) is 11.9. The molecule has 0 fully saturated rings. The van der Waals surface area contributed by atoms with Gasteiger partial charge in [0.1, 0.15) is 5.69 Å². The highest BCUT2D eigenvalue weighted by Gasteiger charge is 2.16. The number of hydrogen-bond acceptors (Lipinski definition) is 3. The molecule has 1 heterocycles. The Morgan fingerprint density at radius 3 is 2.87 bits per heavy atom. The van der Waals surface area contributed by atoms with Crippen LogP contribution in [-0.4, -0.2) is 26.6 Å². The molecule has 0 saturated heterocycles. The van der Waals surface area contributed by atoms with Crippen molar-refractivity contribution in [3.8, 4) is 0 Å². The van der Waals surface area contributed by atoms with Gasteiger partial charge in [-0.3, -0.25) is 9.48 Å². The number of aromatic nitrogens is 2. The molecule has 0 aliphatic heterocycles. The minimum absolute atomic E-state index is 0.139. The number of nitrogens with zero attached hydrogens (tertiary/aromatic N) is 2. The van der Waals surface area contributed by atoms with Gasteiger partial charge in [-0.05, 0) is 28.1 Å². The summed E-state index contributed by atoms with van der Waals surface area (Å²) in [5.41, 5.74) is 0.686. The van der Waals surface area contributed by atoms with Crippen LogP contribution in [0.4, 0.5) is 0 Å². The minimum atomic E-state index is 0.139. The quantitative estimate of drug-likeness (QED) is 0.782. The van der Waals surface area contributed by atoms with Gasteiger partial charge in [0.25, 0.3) is 0 Å². The van der Waals surface area contributed by atoms with E-state index >= 15 is 0 Å². The average molecular weight is 291 g/mol. The zero-order chi connectivity index (χ0) is 11.4. The highest BCUT2D eigenvalue weighted by molar-refractivity contribution is 9.10. The largest absolute Gasteiger partial charge is 0.291 e. The molecule has 0 aliphatic carbocycles. The molecule has 0 saturated carbocycles. The maximum Gasteiger partial charge on any atom is 0.191 e. The van der Waals surface area contributed by atoms with E-state index in [2.05, 4.69) is 34.9 Å². The molecule has 1 rings (SSSR count). The summed E-state index contributed by atoms with van der Waals surface area (Å²) in [5, 5.41) is 4.60. The lowest BCUT2D eigenvalue weighted by Gasteiger charge is -2.06. The summed E-state index contributed by atoms with van der Waals surface area (Å²) in [6.07, 6.45) is 1.68. The number of carbonyl (C=O) groups is 1. The van der Waals surface area contributed by atoms with Crippen LogP contribution in [0.15, 0.2) is 10.7 Å². The van der Waals surface area contributed by atoms with Crippen LogP contribution in [0.2, 0.25) is 0 Å². The summed E-state index contributed by atoms with van der Waals surface area (Å²) in [7, 11) is 0. The van der Waals surface area contributed by atoms with Gasteiger partial charge >= 0.3 is 0 Å². The van der Waals surface area contributed by atoms with Crippen molar-refractivity contribution < 1.29 is 4.79 Å². The molecule has 0 aromatic carbocycles. The molecular formula is C10H15BrN2OS. The lowest BCUT2D eigenvalue weighted by atomic mass is 10.3. The van der Waals surface area contributed by atoms with Gasteiger partial charge in [0.05, 0.1) is 16.4 Å². The van der Waals surface area contributed by atoms with Gasteiger partial charge in [-0.25, -0.2) is 0 Å². The lowest BCUT2D eigenvalue weighted by molar-refractivity contribution is 0.101. The van der Waals surface area contributed by atoms with Gasteiger partial charge in [0.15, 0.2) is 5.78 Å². The first-order valence-electron chi connectivity index (χ1n) is 4.92. The van der Waals surface area contributed by atoms with Gasteiger partial charge in [-0.15, -0.1) is 0 Å². The number of thioether (sulfide) groups is 1. The molecule has 1 aromatic heterocycles. The first-order valence-corrected chi connectivity index (χ1v) is 6.76. The standard InChI is InChI=1S/C10H15BrN2OS/c1-4-13-10(8(11)5-12-13)9(14)6-15-7(2)3/h5,7H,4,6H2,1-3H3. The second-order valence-corrected chi connectivity index (χ2v) is 5.86. The topological polar surface area (TPSA) is 34.9 Å². The Kier molecular flexibility index (Phi) is 4.86. The highest BCUT2D eigenvalue weighted by atomic mass is 79.9. The van der Waals surface area contributed by atoms with Crippen LogP contribution in [0.3, 0.4) is 0 Å². The molecule has 5 heteroatoms. The maximum atomic E-state index is 11.9. The van der Waals surface area contributed by atoms with Crippen LogP contribution in [0.25, 0.3) is 0 Å². The first-order chi connectivity index (χ1) is 7.06. The van der Waals surface area contributed by atoms with Gasteiger partial charge in [0.2, 0.25) is 0 Å². The molecule has 15 heavy (non-hydrogen) atoms. The first kappa shape index (κ1) is 12.8. The third-order valence-electron chi connectivity index (χ3n) is 1.91.